The van der Waals surface area contributed by atoms with E-state index in [1.54, 1.807) is 47.0 Å². The van der Waals surface area contributed by atoms with Gasteiger partial charge in [-0.05, 0) is 175 Å². The summed E-state index contributed by atoms with van der Waals surface area (Å²) in [5, 5.41) is 6.03. The van der Waals surface area contributed by atoms with E-state index in [4.69, 9.17) is 28.8 Å². The molecule has 0 saturated carbocycles. The first-order chi connectivity index (χ1) is 35.3. The van der Waals surface area contributed by atoms with E-state index in [0.29, 0.717) is 0 Å². The first kappa shape index (κ1) is 52.5. The van der Waals surface area contributed by atoms with Crippen molar-refractivity contribution in [2.75, 3.05) is 0 Å². The number of fused-ring (bicyclic) bond motifs is 2. The number of benzene rings is 6. The quantitative estimate of drug-likeness (QED) is 0.125. The molecule has 6 nitrogen and oxygen atoms in total. The van der Waals surface area contributed by atoms with Crippen molar-refractivity contribution in [2.24, 2.45) is 9.98 Å². The summed E-state index contributed by atoms with van der Waals surface area (Å²) in [6, 6.07) is 65.9. The number of halogens is 4. The fourth-order valence-corrected chi connectivity index (χ4v) is 13.9. The molecule has 15 heteroatoms. The number of para-hydroxylation sites is 2. The van der Waals surface area contributed by atoms with E-state index in [0.717, 1.165) is 121 Å². The molecule has 2 aliphatic heterocycles. The predicted octanol–water partition coefficient (Wildman–Crippen LogP) is 18.9. The van der Waals surface area contributed by atoms with E-state index in [1.807, 2.05) is 109 Å². The summed E-state index contributed by atoms with van der Waals surface area (Å²) >= 11 is 16.2. The molecule has 12 rings (SSSR count). The van der Waals surface area contributed by atoms with Gasteiger partial charge in [-0.25, -0.2) is 9.98 Å². The molecule has 1 radical (unpaired) electrons. The number of hydrogen-bond donors (Lipinski definition) is 0. The van der Waals surface area contributed by atoms with Crippen molar-refractivity contribution < 1.29 is 25.6 Å². The third kappa shape index (κ3) is 12.5. The van der Waals surface area contributed by atoms with Crippen LogP contribution in [0.2, 0.25) is 0 Å². The molecule has 6 aromatic carbocycles. The van der Waals surface area contributed by atoms with Crippen LogP contribution in [0, 0.1) is 7.14 Å². The number of allylic oxidation sites excluding steroid dienone is 2. The van der Waals surface area contributed by atoms with Gasteiger partial charge in [0.1, 0.15) is 32.8 Å². The minimum Gasteiger partial charge on any atom is -0.651 e. The molecule has 359 valence electrons. The van der Waals surface area contributed by atoms with Gasteiger partial charge in [0.25, 0.3) is 0 Å². The third-order valence-corrected chi connectivity index (χ3v) is 19.8. The number of hydrogen-bond acceptors (Lipinski definition) is 8. The van der Waals surface area contributed by atoms with Gasteiger partial charge in [0.15, 0.2) is 0 Å². The molecule has 4 aromatic heterocycles. The van der Waals surface area contributed by atoms with E-state index in [2.05, 4.69) is 187 Å². The molecular weight excluding hydrogens is 1480 g/mol. The van der Waals surface area contributed by atoms with Gasteiger partial charge in [0.05, 0.1) is 11.4 Å². The van der Waals surface area contributed by atoms with Crippen LogP contribution >= 0.6 is 137 Å². The van der Waals surface area contributed by atoms with Crippen molar-refractivity contribution in [3.05, 3.63) is 255 Å². The van der Waals surface area contributed by atoms with Gasteiger partial charge in [-0.1, -0.05) is 155 Å². The zero-order chi connectivity index (χ0) is 49.0. The third-order valence-electron chi connectivity index (χ3n) is 11.0. The van der Waals surface area contributed by atoms with E-state index in [-0.39, 0.29) is 16.8 Å². The summed E-state index contributed by atoms with van der Waals surface area (Å²) in [6.07, 6.45) is 4.25. The van der Waals surface area contributed by atoms with Gasteiger partial charge < -0.3 is 18.8 Å². The molecule has 0 bridgehead atoms. The monoisotopic (exact) mass is 1510 g/mol. The van der Waals surface area contributed by atoms with Crippen LogP contribution in [-0.4, -0.2) is 10.1 Å². The van der Waals surface area contributed by atoms with E-state index >= 15 is 0 Å². The zero-order valence-electron chi connectivity index (χ0n) is 37.7. The number of thioether (sulfide) groups is 2. The number of furan rings is 2. The van der Waals surface area contributed by atoms with Gasteiger partial charge in [-0.2, -0.15) is 0 Å². The van der Waals surface area contributed by atoms with Gasteiger partial charge in [-0.3, -0.25) is 0 Å². The SMILES string of the molecule is IC1=C/C(=C(/c2cc(I)c(Sc3ccccc3)[n-]2)c2cc3ccccc3o2)N=C1Sc1ccccc1.IC1=C/C(=C(/c2cc(I)c(Sc3ccccc3)[n-]2)c2cc3ccccc3o2)N=C1Sc1ccccc1.[Co+2]. The molecule has 10 aromatic rings. The van der Waals surface area contributed by atoms with Crippen LogP contribution in [0.5, 0.6) is 0 Å². The number of nitrogens with zero attached hydrogens (tertiary/aromatic N) is 4. The second-order valence-corrected chi connectivity index (χ2v) is 24.8. The van der Waals surface area contributed by atoms with Crippen LogP contribution < -0.4 is 9.97 Å². The summed E-state index contributed by atoms with van der Waals surface area (Å²) in [4.78, 5) is 24.9. The average molecular weight is 1510 g/mol. The molecule has 0 amide bonds. The van der Waals surface area contributed by atoms with E-state index in [1.165, 1.54) is 0 Å². The maximum atomic E-state index is 6.34. The Hall–Kier alpha value is -3.91. The Bertz CT molecular complexity index is 3490. The van der Waals surface area contributed by atoms with Crippen LogP contribution in [0.1, 0.15) is 22.9 Å². The Labute approximate surface area is 504 Å². The number of aliphatic imine (C=N–C) groups is 2. The van der Waals surface area contributed by atoms with Crippen LogP contribution in [0.25, 0.3) is 33.1 Å². The maximum absolute atomic E-state index is 6.34. The molecule has 0 atom stereocenters. The van der Waals surface area contributed by atoms with Crippen molar-refractivity contribution >= 4 is 181 Å². The Morgan fingerprint density at radius 3 is 1.08 bits per heavy atom. The minimum atomic E-state index is 0. The van der Waals surface area contributed by atoms with Gasteiger partial charge in [0.2, 0.25) is 0 Å². The minimum absolute atomic E-state index is 0. The Kier molecular flexibility index (Phi) is 17.5. The molecule has 73 heavy (non-hydrogen) atoms. The largest absolute Gasteiger partial charge is 2.00 e. The average Bonchev–Trinajstić information content (AvgIpc) is 4.28. The topological polar surface area (TPSA) is 79.2 Å². The van der Waals surface area contributed by atoms with Gasteiger partial charge in [0, 0.05) is 55.8 Å². The van der Waals surface area contributed by atoms with Crippen molar-refractivity contribution in [3.8, 4) is 0 Å². The normalized spacial score (nSPS) is 14.5. The van der Waals surface area contributed by atoms with Crippen LogP contribution in [0.3, 0.4) is 0 Å². The molecule has 0 saturated heterocycles. The number of rotatable bonds is 10. The summed E-state index contributed by atoms with van der Waals surface area (Å²) in [7, 11) is 0. The Morgan fingerprint density at radius 1 is 0.397 bits per heavy atom. The van der Waals surface area contributed by atoms with E-state index in [9.17, 15) is 0 Å². The fourth-order valence-electron chi connectivity index (χ4n) is 7.68. The Balaban J connectivity index is 0.000000165. The maximum Gasteiger partial charge on any atom is 2.00 e. The zero-order valence-corrected chi connectivity index (χ0v) is 50.7. The predicted molar refractivity (Wildman–Crippen MR) is 334 cm³/mol. The first-order valence-electron chi connectivity index (χ1n) is 22.3. The molecule has 0 N–H and O–H groups in total. The van der Waals surface area contributed by atoms with Crippen LogP contribution in [0.4, 0.5) is 0 Å². The van der Waals surface area contributed by atoms with Crippen LogP contribution in [0.15, 0.2) is 273 Å². The summed E-state index contributed by atoms with van der Waals surface area (Å²) in [5.74, 6) is 1.54. The van der Waals surface area contributed by atoms with Crippen molar-refractivity contribution in [1.29, 1.82) is 0 Å². The van der Waals surface area contributed by atoms with Crippen molar-refractivity contribution in [3.63, 3.8) is 0 Å². The van der Waals surface area contributed by atoms with Crippen LogP contribution in [-0.2, 0) is 16.8 Å². The molecule has 0 aliphatic carbocycles. The van der Waals surface area contributed by atoms with Crippen molar-refractivity contribution in [1.82, 2.24) is 9.97 Å². The molecule has 6 heterocycles. The first-order valence-corrected chi connectivity index (χ1v) is 29.8. The molecule has 0 fully saturated rings. The summed E-state index contributed by atoms with van der Waals surface area (Å²) < 4.78 is 17.1. The standard InChI is InChI=1S/2C29H17I2N2OS2.Co/c2*30-21-16-23(32-28(21)35-19-10-3-1-4-11-19)27(26-15-18-9-7-8-14-25(18)34-26)24-17-22(31)29(33-24)36-20-12-5-2-6-13-20;/h2*1-17H;/q2*-1;+2/b2*27-23+;. The second kappa shape index (κ2) is 24.4. The second-order valence-electron chi connectivity index (χ2n) is 15.9. The van der Waals surface area contributed by atoms with Gasteiger partial charge in [-0.15, -0.1) is 34.9 Å². The molecule has 2 aliphatic rings. The van der Waals surface area contributed by atoms with E-state index < -0.39 is 0 Å². The smallest absolute Gasteiger partial charge is 0.651 e. The molecule has 0 unspecified atom stereocenters. The Morgan fingerprint density at radius 2 is 0.726 bits per heavy atom. The fraction of sp³-hybridized carbons (Fsp3) is 0. The molecule has 0 spiro atoms. The van der Waals surface area contributed by atoms with Crippen molar-refractivity contribution in [2.45, 2.75) is 29.6 Å². The molecular formula is C58H34CoI4N4O2S4. The summed E-state index contributed by atoms with van der Waals surface area (Å²) in [6.45, 7) is 0. The van der Waals surface area contributed by atoms with Gasteiger partial charge >= 0.3 is 16.8 Å². The summed E-state index contributed by atoms with van der Waals surface area (Å²) in [5.41, 5.74) is 6.97. The number of aromatic nitrogens is 2.